The van der Waals surface area contributed by atoms with Crippen molar-refractivity contribution in [2.24, 2.45) is 10.2 Å². The molecule has 8 heteroatoms. The van der Waals surface area contributed by atoms with E-state index in [2.05, 4.69) is 15.2 Å². The first-order valence-corrected chi connectivity index (χ1v) is 11.1. The average Bonchev–Trinajstić information content (AvgIpc) is 3.17. The standard InChI is InChI=1S/C28H16N4O4/c33-26-21-15-10-17(25-29-24-9-5-4-8-22(24)28(35)36-25)16-23(21)27(34)32(26)20-13-11-19(12-14-20)31-30-18-6-2-1-3-7-18/h1-16H. The van der Waals surface area contributed by atoms with Gasteiger partial charge in [-0.15, -0.1) is 0 Å². The summed E-state index contributed by atoms with van der Waals surface area (Å²) in [7, 11) is 0. The van der Waals surface area contributed by atoms with Crippen LogP contribution in [0.3, 0.4) is 0 Å². The summed E-state index contributed by atoms with van der Waals surface area (Å²) in [5, 5.41) is 8.73. The second kappa shape index (κ2) is 8.52. The van der Waals surface area contributed by atoms with Gasteiger partial charge in [-0.05, 0) is 66.7 Å². The summed E-state index contributed by atoms with van der Waals surface area (Å²) < 4.78 is 5.38. The molecule has 0 bridgehead atoms. The van der Waals surface area contributed by atoms with Gasteiger partial charge in [0.2, 0.25) is 5.89 Å². The summed E-state index contributed by atoms with van der Waals surface area (Å²) in [6, 6.07) is 27.5. The maximum atomic E-state index is 13.2. The van der Waals surface area contributed by atoms with E-state index in [4.69, 9.17) is 4.42 Å². The van der Waals surface area contributed by atoms with Gasteiger partial charge in [-0.1, -0.05) is 30.3 Å². The zero-order valence-electron chi connectivity index (χ0n) is 18.7. The lowest BCUT2D eigenvalue weighted by atomic mass is 10.1. The molecule has 8 nitrogen and oxygen atoms in total. The van der Waals surface area contributed by atoms with Crippen LogP contribution in [0.4, 0.5) is 17.1 Å². The molecular formula is C28H16N4O4. The molecule has 0 fully saturated rings. The summed E-state index contributed by atoms with van der Waals surface area (Å²) in [5.41, 5.74) is 2.58. The molecule has 1 aromatic heterocycles. The van der Waals surface area contributed by atoms with Crippen molar-refractivity contribution < 1.29 is 14.0 Å². The van der Waals surface area contributed by atoms with Gasteiger partial charge in [-0.3, -0.25) is 9.59 Å². The Morgan fingerprint density at radius 3 is 2.11 bits per heavy atom. The Morgan fingerprint density at radius 1 is 0.667 bits per heavy atom. The van der Waals surface area contributed by atoms with Gasteiger partial charge >= 0.3 is 5.63 Å². The third kappa shape index (κ3) is 3.67. The fourth-order valence-corrected chi connectivity index (χ4v) is 4.03. The van der Waals surface area contributed by atoms with Gasteiger partial charge in [-0.2, -0.15) is 10.2 Å². The van der Waals surface area contributed by atoms with Crippen LogP contribution in [0.25, 0.3) is 22.4 Å². The quantitative estimate of drug-likeness (QED) is 0.233. The van der Waals surface area contributed by atoms with E-state index in [0.717, 1.165) is 10.6 Å². The van der Waals surface area contributed by atoms with E-state index >= 15 is 0 Å². The first kappa shape index (κ1) is 21.3. The molecule has 0 saturated heterocycles. The number of nitrogens with zero attached hydrogens (tertiary/aromatic N) is 4. The molecule has 0 saturated carbocycles. The Balaban J connectivity index is 1.30. The molecule has 0 N–H and O–H groups in total. The van der Waals surface area contributed by atoms with Gasteiger partial charge in [0, 0.05) is 5.56 Å². The van der Waals surface area contributed by atoms with E-state index in [9.17, 15) is 14.4 Å². The SMILES string of the molecule is O=C1c2ccc(-c3nc4ccccc4c(=O)o3)cc2C(=O)N1c1ccc(N=Nc2ccccc2)cc1. The second-order valence-corrected chi connectivity index (χ2v) is 8.08. The molecule has 36 heavy (non-hydrogen) atoms. The van der Waals surface area contributed by atoms with E-state index in [1.54, 1.807) is 60.7 Å². The number of imide groups is 1. The monoisotopic (exact) mass is 472 g/mol. The average molecular weight is 472 g/mol. The molecule has 0 aliphatic carbocycles. The molecule has 2 amide bonds. The minimum atomic E-state index is -0.523. The Morgan fingerprint density at radius 2 is 1.33 bits per heavy atom. The van der Waals surface area contributed by atoms with Crippen LogP contribution in [0.5, 0.6) is 0 Å². The van der Waals surface area contributed by atoms with Crippen molar-refractivity contribution >= 4 is 39.8 Å². The van der Waals surface area contributed by atoms with Gasteiger partial charge in [0.15, 0.2) is 0 Å². The van der Waals surface area contributed by atoms with E-state index in [1.807, 2.05) is 30.3 Å². The predicted molar refractivity (Wildman–Crippen MR) is 134 cm³/mol. The topological polar surface area (TPSA) is 105 Å². The molecule has 0 atom stereocenters. The number of rotatable bonds is 4. The number of carbonyl (C=O) groups is 2. The van der Waals surface area contributed by atoms with Crippen LogP contribution in [0.2, 0.25) is 0 Å². The fraction of sp³-hybridized carbons (Fsp3) is 0. The number of carbonyl (C=O) groups excluding carboxylic acids is 2. The first-order valence-electron chi connectivity index (χ1n) is 11.1. The molecule has 4 aromatic carbocycles. The highest BCUT2D eigenvalue weighted by atomic mass is 16.4. The fourth-order valence-electron chi connectivity index (χ4n) is 4.03. The normalized spacial score (nSPS) is 13.1. The number of amides is 2. The first-order chi connectivity index (χ1) is 17.6. The Labute approximate surface area is 204 Å². The molecule has 6 rings (SSSR count). The van der Waals surface area contributed by atoms with Crippen LogP contribution in [-0.4, -0.2) is 16.8 Å². The van der Waals surface area contributed by atoms with E-state index in [0.29, 0.717) is 27.8 Å². The second-order valence-electron chi connectivity index (χ2n) is 8.08. The lowest BCUT2D eigenvalue weighted by Crippen LogP contribution is -2.29. The molecule has 1 aliphatic heterocycles. The van der Waals surface area contributed by atoms with Crippen LogP contribution in [0.15, 0.2) is 117 Å². The molecule has 172 valence electrons. The number of hydrogen-bond donors (Lipinski definition) is 0. The maximum Gasteiger partial charge on any atom is 0.347 e. The summed E-state index contributed by atoms with van der Waals surface area (Å²) in [6.07, 6.45) is 0. The van der Waals surface area contributed by atoms with Gasteiger partial charge in [0.25, 0.3) is 11.8 Å². The largest absolute Gasteiger partial charge is 0.403 e. The van der Waals surface area contributed by atoms with Crippen molar-refractivity contribution in [1.82, 2.24) is 4.98 Å². The molecular weight excluding hydrogens is 456 g/mol. The number of hydrogen-bond acceptors (Lipinski definition) is 7. The number of anilines is 1. The minimum Gasteiger partial charge on any atom is -0.403 e. The maximum absolute atomic E-state index is 13.2. The van der Waals surface area contributed by atoms with E-state index < -0.39 is 17.4 Å². The third-order valence-electron chi connectivity index (χ3n) is 5.81. The highest BCUT2D eigenvalue weighted by molar-refractivity contribution is 6.34. The lowest BCUT2D eigenvalue weighted by Gasteiger charge is -2.13. The predicted octanol–water partition coefficient (Wildman–Crippen LogP) is 6.07. The number of fused-ring (bicyclic) bond motifs is 2. The number of azo groups is 1. The molecule has 0 radical (unpaired) electrons. The zero-order chi connectivity index (χ0) is 24.6. The van der Waals surface area contributed by atoms with Crippen molar-refractivity contribution in [3.8, 4) is 11.5 Å². The Hall–Kier alpha value is -5.24. The van der Waals surface area contributed by atoms with Crippen LogP contribution >= 0.6 is 0 Å². The summed E-state index contributed by atoms with van der Waals surface area (Å²) >= 11 is 0. The van der Waals surface area contributed by atoms with Crippen LogP contribution < -0.4 is 10.5 Å². The number of benzene rings is 4. The van der Waals surface area contributed by atoms with Gasteiger partial charge in [-0.25, -0.2) is 14.7 Å². The number of para-hydroxylation sites is 1. The van der Waals surface area contributed by atoms with Crippen molar-refractivity contribution in [2.75, 3.05) is 4.90 Å². The van der Waals surface area contributed by atoms with Crippen LogP contribution in [-0.2, 0) is 0 Å². The zero-order valence-corrected chi connectivity index (χ0v) is 18.7. The minimum absolute atomic E-state index is 0.0772. The molecule has 2 heterocycles. The van der Waals surface area contributed by atoms with Gasteiger partial charge in [0.05, 0.1) is 39.1 Å². The highest BCUT2D eigenvalue weighted by Crippen LogP contribution is 2.32. The highest BCUT2D eigenvalue weighted by Gasteiger charge is 2.37. The molecule has 1 aliphatic rings. The summed E-state index contributed by atoms with van der Waals surface area (Å²) in [6.45, 7) is 0. The summed E-state index contributed by atoms with van der Waals surface area (Å²) in [4.78, 5) is 44.1. The van der Waals surface area contributed by atoms with Gasteiger partial charge in [0.1, 0.15) is 0 Å². The third-order valence-corrected chi connectivity index (χ3v) is 5.81. The van der Waals surface area contributed by atoms with Crippen molar-refractivity contribution in [3.63, 3.8) is 0 Å². The van der Waals surface area contributed by atoms with Gasteiger partial charge < -0.3 is 4.42 Å². The lowest BCUT2D eigenvalue weighted by molar-refractivity contribution is 0.0926. The molecule has 0 spiro atoms. The van der Waals surface area contributed by atoms with Crippen LogP contribution in [0.1, 0.15) is 20.7 Å². The van der Waals surface area contributed by atoms with E-state index in [1.165, 1.54) is 6.07 Å². The Kier molecular flexibility index (Phi) is 5.04. The molecule has 5 aromatic rings. The van der Waals surface area contributed by atoms with Crippen molar-refractivity contribution in [1.29, 1.82) is 0 Å². The van der Waals surface area contributed by atoms with Crippen LogP contribution in [0, 0.1) is 0 Å². The Bertz CT molecular complexity index is 1740. The van der Waals surface area contributed by atoms with Crippen molar-refractivity contribution in [3.05, 3.63) is 119 Å². The number of aromatic nitrogens is 1. The molecule has 0 unspecified atom stereocenters. The van der Waals surface area contributed by atoms with Crippen molar-refractivity contribution in [2.45, 2.75) is 0 Å². The van der Waals surface area contributed by atoms with E-state index in [-0.39, 0.29) is 17.0 Å². The summed E-state index contributed by atoms with van der Waals surface area (Å²) in [5.74, 6) is -0.833. The smallest absolute Gasteiger partial charge is 0.347 e.